The van der Waals surface area contributed by atoms with Crippen LogP contribution >= 0.6 is 23.5 Å². The zero-order valence-corrected chi connectivity index (χ0v) is 46.0. The third-order valence-corrected chi connectivity index (χ3v) is 17.2. The van der Waals surface area contributed by atoms with Gasteiger partial charge in [-0.2, -0.15) is 0 Å². The smallest absolute Gasteiger partial charge is 0.306 e. The Morgan fingerprint density at radius 1 is 0.438 bits per heavy atom. The van der Waals surface area contributed by atoms with Crippen molar-refractivity contribution >= 4 is 47.2 Å². The Labute approximate surface area is 477 Å². The number of carboxylic acids is 1. The maximum Gasteiger partial charge on any atom is 0.306 e. The standard InChI is InChI=1S/C68H67N3O7S2/c72-58(43-25-26-44-79-67(52-31-13-3-14-32-52,53-33-15-4-16-34-53)54-35-17-5-18-36-54)47-63(74)69-60(46-51-29-11-2-12-30-51)65(77)71-61(66(78)70-59(62(73)48-64(75)76)45-50-27-9-1-10-28-50)49-80-68(55-37-19-6-20-38-55,56-39-21-7-22-40-56)57-41-23-8-24-42-57/h1-25,27-43,58-62,72-73H,26,44-49H2,(H,69,74)(H,70,78)(H,71,77)(H,75,76)/t58?,59-,60?,61?,62+/m1/s1. The first-order chi connectivity index (χ1) is 39.0. The van der Waals surface area contributed by atoms with Crippen molar-refractivity contribution in [3.63, 3.8) is 0 Å². The molecule has 5 atom stereocenters. The third kappa shape index (κ3) is 15.4. The van der Waals surface area contributed by atoms with E-state index in [0.717, 1.165) is 44.5 Å². The van der Waals surface area contributed by atoms with Crippen molar-refractivity contribution in [1.82, 2.24) is 16.0 Å². The molecule has 0 saturated heterocycles. The highest BCUT2D eigenvalue weighted by Gasteiger charge is 2.40. The molecule has 3 amide bonds. The summed E-state index contributed by atoms with van der Waals surface area (Å²) in [4.78, 5) is 56.0. The van der Waals surface area contributed by atoms with Gasteiger partial charge in [-0.25, -0.2) is 0 Å². The van der Waals surface area contributed by atoms with Crippen LogP contribution in [-0.2, 0) is 41.5 Å². The van der Waals surface area contributed by atoms with Crippen molar-refractivity contribution in [3.8, 4) is 0 Å². The van der Waals surface area contributed by atoms with Gasteiger partial charge in [0.1, 0.15) is 12.1 Å². The Bertz CT molecular complexity index is 3010. The molecule has 0 aliphatic carbocycles. The average molecular weight is 1100 g/mol. The lowest BCUT2D eigenvalue weighted by Gasteiger charge is -2.37. The molecule has 3 unspecified atom stereocenters. The Balaban J connectivity index is 1.04. The molecule has 8 aromatic carbocycles. The highest BCUT2D eigenvalue weighted by atomic mass is 32.2. The highest BCUT2D eigenvalue weighted by molar-refractivity contribution is 8.00. The highest BCUT2D eigenvalue weighted by Crippen LogP contribution is 2.50. The summed E-state index contributed by atoms with van der Waals surface area (Å²) in [6, 6.07) is 75.8. The van der Waals surface area contributed by atoms with Crippen LogP contribution in [0.25, 0.3) is 0 Å². The Morgan fingerprint density at radius 2 is 0.800 bits per heavy atom. The van der Waals surface area contributed by atoms with Gasteiger partial charge in [-0.15, -0.1) is 23.5 Å². The van der Waals surface area contributed by atoms with Gasteiger partial charge in [-0.3, -0.25) is 19.2 Å². The summed E-state index contributed by atoms with van der Waals surface area (Å²) in [5, 5.41) is 41.3. The van der Waals surface area contributed by atoms with Gasteiger partial charge in [0.25, 0.3) is 0 Å². The van der Waals surface area contributed by atoms with E-state index < -0.39 is 69.9 Å². The van der Waals surface area contributed by atoms with Crippen LogP contribution in [0, 0.1) is 0 Å². The number of nitrogens with one attached hydrogen (secondary N) is 3. The molecule has 0 spiro atoms. The summed E-state index contributed by atoms with van der Waals surface area (Å²) >= 11 is 3.24. The fraction of sp³-hybridized carbons (Fsp3) is 0.206. The molecule has 0 bridgehead atoms. The van der Waals surface area contributed by atoms with Gasteiger partial charge in [-0.05, 0) is 63.1 Å². The van der Waals surface area contributed by atoms with Gasteiger partial charge in [0, 0.05) is 12.2 Å². The quantitative estimate of drug-likeness (QED) is 0.0159. The monoisotopic (exact) mass is 1100 g/mol. The molecular formula is C68H67N3O7S2. The maximum absolute atomic E-state index is 15.0. The number of aliphatic carboxylic acids is 1. The predicted octanol–water partition coefficient (Wildman–Crippen LogP) is 10.9. The molecule has 408 valence electrons. The molecule has 12 heteroatoms. The normalized spacial score (nSPS) is 13.5. The summed E-state index contributed by atoms with van der Waals surface area (Å²) in [7, 11) is 0. The van der Waals surface area contributed by atoms with Crippen molar-refractivity contribution in [2.45, 2.75) is 71.9 Å². The number of carbonyl (C=O) groups is 4. The summed E-state index contributed by atoms with van der Waals surface area (Å²) in [6.45, 7) is 0. The number of aliphatic hydroxyl groups is 2. The number of amides is 3. The molecule has 8 rings (SSSR count). The number of carbonyl (C=O) groups excluding carboxylic acids is 3. The van der Waals surface area contributed by atoms with Gasteiger partial charge < -0.3 is 31.3 Å². The van der Waals surface area contributed by atoms with E-state index in [2.05, 4.69) is 88.7 Å². The topological polar surface area (TPSA) is 165 Å². The molecule has 80 heavy (non-hydrogen) atoms. The molecule has 0 saturated carbocycles. The van der Waals surface area contributed by atoms with Crippen molar-refractivity contribution in [3.05, 3.63) is 299 Å². The van der Waals surface area contributed by atoms with Crippen LogP contribution in [0.1, 0.15) is 63.8 Å². The van der Waals surface area contributed by atoms with Crippen molar-refractivity contribution in [1.29, 1.82) is 0 Å². The summed E-state index contributed by atoms with van der Waals surface area (Å²) in [5.41, 5.74) is 7.70. The molecule has 0 heterocycles. The first-order valence-corrected chi connectivity index (χ1v) is 28.9. The van der Waals surface area contributed by atoms with E-state index in [0.29, 0.717) is 12.2 Å². The van der Waals surface area contributed by atoms with Gasteiger partial charge in [0.2, 0.25) is 17.7 Å². The molecule has 8 aromatic rings. The molecule has 0 aliphatic rings. The van der Waals surface area contributed by atoms with Crippen LogP contribution in [0.4, 0.5) is 0 Å². The summed E-state index contributed by atoms with van der Waals surface area (Å²) in [5.74, 6) is -2.45. The van der Waals surface area contributed by atoms with Gasteiger partial charge >= 0.3 is 5.97 Å². The number of carboxylic acid groups (broad SMARTS) is 1. The predicted molar refractivity (Wildman–Crippen MR) is 322 cm³/mol. The van der Waals surface area contributed by atoms with E-state index in [-0.39, 0.29) is 25.0 Å². The second kappa shape index (κ2) is 29.3. The zero-order chi connectivity index (χ0) is 56.0. The first-order valence-electron chi connectivity index (χ1n) is 26.9. The van der Waals surface area contributed by atoms with Crippen LogP contribution in [-0.4, -0.2) is 80.8 Å². The number of benzene rings is 8. The first kappa shape index (κ1) is 58.2. The minimum Gasteiger partial charge on any atom is -0.481 e. The lowest BCUT2D eigenvalue weighted by molar-refractivity contribution is -0.140. The Morgan fingerprint density at radius 3 is 1.20 bits per heavy atom. The molecule has 0 fully saturated rings. The molecular weight excluding hydrogens is 1030 g/mol. The average Bonchev–Trinajstić information content (AvgIpc) is 3.63. The number of allylic oxidation sites excluding steroid dienone is 1. The molecule has 10 nitrogen and oxygen atoms in total. The number of thioether (sulfide) groups is 2. The second-order valence-electron chi connectivity index (χ2n) is 19.5. The Kier molecular flexibility index (Phi) is 21.3. The minimum atomic E-state index is -1.48. The van der Waals surface area contributed by atoms with E-state index in [1.807, 2.05) is 176 Å². The molecule has 0 radical (unpaired) electrons. The SMILES string of the molecule is O=C(O)C[C@H](O)[C@@H](Cc1ccccc1)NC(=O)C(CSC(c1ccccc1)(c1ccccc1)c1ccccc1)NC(=O)C(Cc1ccccc1)NC(=O)CC(O)C=CCCSC(c1ccccc1)(c1ccccc1)c1ccccc1. The third-order valence-electron chi connectivity index (χ3n) is 13.9. The van der Waals surface area contributed by atoms with Crippen LogP contribution in [0.2, 0.25) is 0 Å². The van der Waals surface area contributed by atoms with Gasteiger partial charge in [0.15, 0.2) is 0 Å². The van der Waals surface area contributed by atoms with Crippen LogP contribution < -0.4 is 16.0 Å². The molecule has 0 aliphatic heterocycles. The number of aliphatic hydroxyl groups excluding tert-OH is 2. The second-order valence-corrected chi connectivity index (χ2v) is 22.1. The lowest BCUT2D eigenvalue weighted by Crippen LogP contribution is -2.58. The van der Waals surface area contributed by atoms with Crippen LogP contribution in [0.15, 0.2) is 255 Å². The van der Waals surface area contributed by atoms with Gasteiger partial charge in [0.05, 0.1) is 40.6 Å². The van der Waals surface area contributed by atoms with E-state index in [9.17, 15) is 29.7 Å². The van der Waals surface area contributed by atoms with Crippen LogP contribution in [0.3, 0.4) is 0 Å². The van der Waals surface area contributed by atoms with E-state index in [4.69, 9.17) is 0 Å². The summed E-state index contributed by atoms with van der Waals surface area (Å²) < 4.78 is -1.42. The Hall–Kier alpha value is -8.00. The maximum atomic E-state index is 15.0. The van der Waals surface area contributed by atoms with Crippen molar-refractivity contribution in [2.24, 2.45) is 0 Å². The fourth-order valence-electron chi connectivity index (χ4n) is 10.1. The lowest BCUT2D eigenvalue weighted by atomic mass is 9.84. The number of hydrogen-bond donors (Lipinski definition) is 6. The van der Waals surface area contributed by atoms with Crippen molar-refractivity contribution < 1.29 is 34.5 Å². The van der Waals surface area contributed by atoms with Crippen molar-refractivity contribution in [2.75, 3.05) is 11.5 Å². The largest absolute Gasteiger partial charge is 0.481 e. The van der Waals surface area contributed by atoms with Crippen LogP contribution in [0.5, 0.6) is 0 Å². The van der Waals surface area contributed by atoms with Gasteiger partial charge in [-0.1, -0.05) is 255 Å². The van der Waals surface area contributed by atoms with E-state index >= 15 is 4.79 Å². The zero-order valence-electron chi connectivity index (χ0n) is 44.4. The summed E-state index contributed by atoms with van der Waals surface area (Å²) in [6.07, 6.45) is 0.642. The molecule has 6 N–H and O–H groups in total. The minimum absolute atomic E-state index is 0.0136. The number of rotatable bonds is 28. The number of hydrogen-bond acceptors (Lipinski definition) is 8. The van der Waals surface area contributed by atoms with E-state index in [1.165, 1.54) is 11.8 Å². The van der Waals surface area contributed by atoms with E-state index in [1.54, 1.807) is 17.8 Å². The fourth-order valence-corrected chi connectivity index (χ4v) is 13.1. The molecule has 0 aromatic heterocycles.